The molecule has 0 aliphatic rings. The Morgan fingerprint density at radius 1 is 0.952 bits per heavy atom. The van der Waals surface area contributed by atoms with E-state index in [2.05, 4.69) is 24.4 Å². The van der Waals surface area contributed by atoms with Crippen LogP contribution in [-0.4, -0.2) is 26.8 Å². The summed E-state index contributed by atoms with van der Waals surface area (Å²) in [6.45, 7) is 3.22. The van der Waals surface area contributed by atoms with Crippen LogP contribution in [0.3, 0.4) is 0 Å². The zero-order valence-electron chi connectivity index (χ0n) is 13.8. The summed E-state index contributed by atoms with van der Waals surface area (Å²) in [7, 11) is 8.07. The van der Waals surface area contributed by atoms with Gasteiger partial charge in [-0.05, 0) is 0 Å². The SMILES string of the molecule is [B]=C(NCCCCCCCCCC)N(C)c1ccccc1. The molecule has 2 nitrogen and oxygen atoms in total. The molecule has 1 aromatic carbocycles. The van der Waals surface area contributed by atoms with Crippen molar-refractivity contribution in [3.8, 4) is 0 Å². The molecule has 0 amide bonds. The van der Waals surface area contributed by atoms with Crippen LogP contribution in [0.25, 0.3) is 0 Å². The number of hydrogen-bond donors (Lipinski definition) is 1. The van der Waals surface area contributed by atoms with Gasteiger partial charge in [0.25, 0.3) is 0 Å². The molecule has 0 aliphatic carbocycles. The van der Waals surface area contributed by atoms with Crippen LogP contribution in [0.5, 0.6) is 0 Å². The third-order valence-corrected chi connectivity index (χ3v) is 3.84. The molecule has 0 saturated carbocycles. The first kappa shape index (κ1) is 17.8. The number of nitrogens with one attached hydrogen (secondary N) is 1. The summed E-state index contributed by atoms with van der Waals surface area (Å²) in [5.74, 6) is 0. The number of anilines is 1. The van der Waals surface area contributed by atoms with Crippen molar-refractivity contribution >= 4 is 18.9 Å². The van der Waals surface area contributed by atoms with E-state index in [4.69, 9.17) is 7.49 Å². The molecule has 0 saturated heterocycles. The van der Waals surface area contributed by atoms with E-state index in [0.29, 0.717) is 0 Å². The molecule has 1 rings (SSSR count). The first-order valence-corrected chi connectivity index (χ1v) is 8.40. The first-order chi connectivity index (χ1) is 10.3. The van der Waals surface area contributed by atoms with E-state index in [1.165, 1.54) is 51.4 Å². The van der Waals surface area contributed by atoms with Crippen molar-refractivity contribution in [3.63, 3.8) is 0 Å². The van der Waals surface area contributed by atoms with Gasteiger partial charge < -0.3 is 0 Å². The van der Waals surface area contributed by atoms with Crippen molar-refractivity contribution in [1.82, 2.24) is 5.32 Å². The summed E-state index contributed by atoms with van der Waals surface area (Å²) in [5, 5.41) is 3.31. The zero-order valence-corrected chi connectivity index (χ0v) is 13.8. The second kappa shape index (κ2) is 11.4. The maximum absolute atomic E-state index is 6.08. The molecule has 1 radical (unpaired) electrons. The predicted molar refractivity (Wildman–Crippen MR) is 96.2 cm³/mol. The number of benzene rings is 1. The van der Waals surface area contributed by atoms with Gasteiger partial charge in [0.15, 0.2) is 0 Å². The molecule has 0 atom stereocenters. The summed E-state index contributed by atoms with van der Waals surface area (Å²) in [6.07, 6.45) is 10.7. The van der Waals surface area contributed by atoms with E-state index >= 15 is 0 Å². The normalized spacial score (nSPS) is 10.3. The van der Waals surface area contributed by atoms with E-state index in [-0.39, 0.29) is 0 Å². The van der Waals surface area contributed by atoms with Crippen LogP contribution in [0.15, 0.2) is 30.3 Å². The average Bonchev–Trinajstić information content (AvgIpc) is 2.53. The molecule has 0 spiro atoms. The van der Waals surface area contributed by atoms with E-state index in [0.717, 1.165) is 17.9 Å². The second-order valence-electron chi connectivity index (χ2n) is 5.68. The van der Waals surface area contributed by atoms with Gasteiger partial charge >= 0.3 is 131 Å². The fourth-order valence-electron chi connectivity index (χ4n) is 2.38. The Hall–Kier alpha value is -1.25. The minimum atomic E-state index is 0.726. The molecule has 0 fully saturated rings. The number of para-hydroxylation sites is 1. The third-order valence-electron chi connectivity index (χ3n) is 3.84. The molecule has 0 aromatic heterocycles. The number of rotatable bonds is 12. The quantitative estimate of drug-likeness (QED) is 0.459. The molecule has 0 heterocycles. The summed E-state index contributed by atoms with van der Waals surface area (Å²) < 4.78 is 0. The van der Waals surface area contributed by atoms with E-state index in [1.54, 1.807) is 0 Å². The van der Waals surface area contributed by atoms with Crippen LogP contribution in [0, 0.1) is 0 Å². The second-order valence-corrected chi connectivity index (χ2v) is 5.68. The molecule has 0 aliphatic heterocycles. The molecule has 0 bridgehead atoms. The summed E-state index contributed by atoms with van der Waals surface area (Å²) in [5.41, 5.74) is 1.84. The van der Waals surface area contributed by atoms with Crippen molar-refractivity contribution in [2.24, 2.45) is 0 Å². The minimum absolute atomic E-state index is 0.726. The van der Waals surface area contributed by atoms with Crippen LogP contribution in [0.4, 0.5) is 5.69 Å². The van der Waals surface area contributed by atoms with E-state index in [1.807, 2.05) is 30.1 Å². The molecule has 115 valence electrons. The fraction of sp³-hybridized carbons (Fsp3) is 0.611. The molecule has 1 N–H and O–H groups in total. The van der Waals surface area contributed by atoms with Crippen LogP contribution in [0.2, 0.25) is 0 Å². The number of nitrogens with zero attached hydrogens (tertiary/aromatic N) is 1. The van der Waals surface area contributed by atoms with Gasteiger partial charge in [0, 0.05) is 0 Å². The zero-order chi connectivity index (χ0) is 15.3. The number of hydrogen-bond acceptors (Lipinski definition) is 2. The Labute approximate surface area is 132 Å². The molecular weight excluding hydrogens is 255 g/mol. The van der Waals surface area contributed by atoms with Crippen molar-refractivity contribution in [1.29, 1.82) is 0 Å². The van der Waals surface area contributed by atoms with Crippen molar-refractivity contribution < 1.29 is 0 Å². The van der Waals surface area contributed by atoms with E-state index in [9.17, 15) is 0 Å². The van der Waals surface area contributed by atoms with Gasteiger partial charge in [-0.2, -0.15) is 0 Å². The molecular formula is C18H30BN2. The van der Waals surface area contributed by atoms with Gasteiger partial charge in [-0.1, -0.05) is 0 Å². The van der Waals surface area contributed by atoms with Crippen LogP contribution < -0.4 is 10.2 Å². The first-order valence-electron chi connectivity index (χ1n) is 8.40. The van der Waals surface area contributed by atoms with Gasteiger partial charge in [0.05, 0.1) is 0 Å². The van der Waals surface area contributed by atoms with Gasteiger partial charge in [0.1, 0.15) is 0 Å². The molecule has 0 unspecified atom stereocenters. The Morgan fingerprint density at radius 3 is 2.14 bits per heavy atom. The monoisotopic (exact) mass is 285 g/mol. The van der Waals surface area contributed by atoms with Gasteiger partial charge in [-0.25, -0.2) is 0 Å². The average molecular weight is 285 g/mol. The number of unbranched alkanes of at least 4 members (excludes halogenated alkanes) is 7. The summed E-state index contributed by atoms with van der Waals surface area (Å²) >= 11 is 0. The Morgan fingerprint density at radius 2 is 1.52 bits per heavy atom. The maximum atomic E-state index is 6.08. The van der Waals surface area contributed by atoms with Crippen molar-refractivity contribution in [2.45, 2.75) is 58.3 Å². The topological polar surface area (TPSA) is 15.3 Å². The van der Waals surface area contributed by atoms with Gasteiger partial charge in [0.2, 0.25) is 0 Å². The standard InChI is InChI=1S/C18H30BN2/c1-3-4-5-6-7-8-9-13-16-20-18(19)21(2)17-14-11-10-12-15-17/h10-12,14-15,20H,3-9,13,16H2,1-2H3. The van der Waals surface area contributed by atoms with Gasteiger partial charge in [-0.15, -0.1) is 0 Å². The van der Waals surface area contributed by atoms with Crippen molar-refractivity contribution in [2.75, 3.05) is 18.5 Å². The summed E-state index contributed by atoms with van der Waals surface area (Å²) in [6, 6.07) is 10.2. The molecule has 21 heavy (non-hydrogen) atoms. The van der Waals surface area contributed by atoms with Crippen LogP contribution in [-0.2, 0) is 0 Å². The Kier molecular flexibility index (Phi) is 9.68. The molecule has 1 aromatic rings. The Bertz CT molecular complexity index is 378. The molecule has 3 heteroatoms. The van der Waals surface area contributed by atoms with Crippen LogP contribution >= 0.6 is 0 Å². The van der Waals surface area contributed by atoms with Crippen LogP contribution in [0.1, 0.15) is 58.3 Å². The Balaban J connectivity index is 2.03. The van der Waals surface area contributed by atoms with Gasteiger partial charge in [-0.3, -0.25) is 0 Å². The van der Waals surface area contributed by atoms with E-state index < -0.39 is 0 Å². The predicted octanol–water partition coefficient (Wildman–Crippen LogP) is 4.11. The summed E-state index contributed by atoms with van der Waals surface area (Å²) in [4.78, 5) is 1.99. The third kappa shape index (κ3) is 7.94. The fourth-order valence-corrected chi connectivity index (χ4v) is 2.38. The van der Waals surface area contributed by atoms with Crippen molar-refractivity contribution in [3.05, 3.63) is 30.3 Å².